The van der Waals surface area contributed by atoms with E-state index in [1.54, 1.807) is 0 Å². The first-order chi connectivity index (χ1) is 16.3. The van der Waals surface area contributed by atoms with Gasteiger partial charge in [0.15, 0.2) is 0 Å². The molecular formula is C29H42O6. The maximum Gasteiger partial charge on any atom is 0.337 e. The number of allylic oxidation sites excluding steroid dienone is 1. The van der Waals surface area contributed by atoms with Gasteiger partial charge in [0.25, 0.3) is 6.29 Å². The molecule has 0 spiro atoms. The Balaban J connectivity index is 1.48. The first-order valence-electron chi connectivity index (χ1n) is 13.6. The molecule has 3 saturated carbocycles. The molecule has 0 N–H and O–H groups in total. The van der Waals surface area contributed by atoms with Gasteiger partial charge >= 0.3 is 17.9 Å². The van der Waals surface area contributed by atoms with Crippen LogP contribution in [0.5, 0.6) is 0 Å². The molecule has 35 heavy (non-hydrogen) atoms. The number of ether oxygens (including phenoxy) is 3. The summed E-state index contributed by atoms with van der Waals surface area (Å²) in [4.78, 5) is 36.2. The molecule has 0 amide bonds. The summed E-state index contributed by atoms with van der Waals surface area (Å²) in [7, 11) is 0. The van der Waals surface area contributed by atoms with Gasteiger partial charge in [0.05, 0.1) is 12.5 Å². The lowest BCUT2D eigenvalue weighted by Gasteiger charge is -2.69. The Labute approximate surface area is 209 Å². The van der Waals surface area contributed by atoms with Crippen molar-refractivity contribution in [2.75, 3.05) is 6.61 Å². The Kier molecular flexibility index (Phi) is 5.73. The van der Waals surface area contributed by atoms with E-state index in [0.717, 1.165) is 38.5 Å². The third-order valence-electron chi connectivity index (χ3n) is 11.5. The van der Waals surface area contributed by atoms with Crippen molar-refractivity contribution in [2.24, 2.45) is 45.3 Å². The van der Waals surface area contributed by atoms with Crippen molar-refractivity contribution < 1.29 is 28.6 Å². The summed E-state index contributed by atoms with van der Waals surface area (Å²) < 4.78 is 16.7. The molecule has 0 aromatic rings. The average Bonchev–Trinajstić information content (AvgIpc) is 3.07. The fourth-order valence-electron chi connectivity index (χ4n) is 10.2. The van der Waals surface area contributed by atoms with Crippen LogP contribution >= 0.6 is 0 Å². The number of carbonyl (C=O) groups is 3. The predicted molar refractivity (Wildman–Crippen MR) is 130 cm³/mol. The van der Waals surface area contributed by atoms with Crippen LogP contribution in [0.3, 0.4) is 0 Å². The Bertz CT molecular complexity index is 970. The first kappa shape index (κ1) is 24.8. The van der Waals surface area contributed by atoms with Gasteiger partial charge in [-0.15, -0.1) is 0 Å². The monoisotopic (exact) mass is 486 g/mol. The summed E-state index contributed by atoms with van der Waals surface area (Å²) in [5.41, 5.74) is 0.908. The van der Waals surface area contributed by atoms with E-state index in [1.165, 1.54) is 26.7 Å². The van der Waals surface area contributed by atoms with Crippen molar-refractivity contribution in [3.05, 3.63) is 11.6 Å². The molecule has 6 heteroatoms. The minimum Gasteiger partial charge on any atom is -0.465 e. The summed E-state index contributed by atoms with van der Waals surface area (Å²) in [6.07, 6.45) is 10.0. The smallest absolute Gasteiger partial charge is 0.337 e. The van der Waals surface area contributed by atoms with Crippen molar-refractivity contribution in [1.82, 2.24) is 0 Å². The first-order valence-corrected chi connectivity index (χ1v) is 13.6. The molecular weight excluding hydrogens is 444 g/mol. The largest absolute Gasteiger partial charge is 0.465 e. The van der Waals surface area contributed by atoms with Crippen molar-refractivity contribution >= 4 is 17.9 Å². The molecule has 194 valence electrons. The van der Waals surface area contributed by atoms with Gasteiger partial charge < -0.3 is 14.2 Å². The summed E-state index contributed by atoms with van der Waals surface area (Å²) in [6.45, 7) is 13.1. The van der Waals surface area contributed by atoms with Gasteiger partial charge in [-0.2, -0.15) is 0 Å². The lowest BCUT2D eigenvalue weighted by molar-refractivity contribution is -0.224. The molecule has 1 saturated heterocycles. The molecule has 9 atom stereocenters. The number of hydrogen-bond acceptors (Lipinski definition) is 6. The number of cyclic esters (lactones) is 1. The number of fused-ring (bicyclic) bond motifs is 7. The quantitative estimate of drug-likeness (QED) is 0.484. The minimum atomic E-state index is -0.812. The maximum atomic E-state index is 12.7. The molecule has 0 bridgehead atoms. The molecule has 4 aliphatic carbocycles. The minimum absolute atomic E-state index is 0.0204. The van der Waals surface area contributed by atoms with Gasteiger partial charge in [0.2, 0.25) is 0 Å². The van der Waals surface area contributed by atoms with Crippen molar-refractivity contribution in [1.29, 1.82) is 0 Å². The fraction of sp³-hybridized carbons (Fsp3) is 0.828. The van der Waals surface area contributed by atoms with Gasteiger partial charge in [-0.3, -0.25) is 9.59 Å². The van der Waals surface area contributed by atoms with E-state index < -0.39 is 12.3 Å². The molecule has 1 heterocycles. The van der Waals surface area contributed by atoms with Crippen LogP contribution in [0.4, 0.5) is 0 Å². The third-order valence-corrected chi connectivity index (χ3v) is 11.5. The van der Waals surface area contributed by atoms with Gasteiger partial charge in [0, 0.05) is 24.8 Å². The van der Waals surface area contributed by atoms with Gasteiger partial charge in [-0.25, -0.2) is 4.79 Å². The maximum absolute atomic E-state index is 12.7. The van der Waals surface area contributed by atoms with Crippen LogP contribution in [-0.2, 0) is 28.6 Å². The second-order valence-corrected chi connectivity index (χ2v) is 13.3. The number of rotatable bonds is 3. The van der Waals surface area contributed by atoms with E-state index in [1.807, 2.05) is 0 Å². The van der Waals surface area contributed by atoms with Crippen LogP contribution in [0.15, 0.2) is 11.6 Å². The van der Waals surface area contributed by atoms with E-state index in [9.17, 15) is 14.4 Å². The summed E-state index contributed by atoms with van der Waals surface area (Å²) in [5, 5.41) is 0. The molecule has 0 aromatic carbocycles. The highest BCUT2D eigenvalue weighted by atomic mass is 16.7. The SMILES string of the molecule is CC(=O)OCC1(C)CCCC2(C)C1CCC1(C)C3CC=C4C(=O)OC(OC(C)=O)C4C3(C)CCC21. The molecule has 6 nitrogen and oxygen atoms in total. The van der Waals surface area contributed by atoms with E-state index in [4.69, 9.17) is 14.2 Å². The fourth-order valence-corrected chi connectivity index (χ4v) is 10.2. The molecule has 0 radical (unpaired) electrons. The summed E-state index contributed by atoms with van der Waals surface area (Å²) >= 11 is 0. The van der Waals surface area contributed by atoms with Gasteiger partial charge in [-0.05, 0) is 78.9 Å². The summed E-state index contributed by atoms with van der Waals surface area (Å²) in [6, 6.07) is 0. The van der Waals surface area contributed by atoms with Crippen LogP contribution in [0, 0.1) is 45.3 Å². The molecule has 0 aromatic heterocycles. The highest BCUT2D eigenvalue weighted by molar-refractivity contribution is 5.92. The lowest BCUT2D eigenvalue weighted by atomic mass is 9.35. The predicted octanol–water partition coefficient (Wildman–Crippen LogP) is 5.59. The van der Waals surface area contributed by atoms with E-state index in [-0.39, 0.29) is 39.5 Å². The van der Waals surface area contributed by atoms with Crippen LogP contribution in [0.2, 0.25) is 0 Å². The van der Waals surface area contributed by atoms with Gasteiger partial charge in [0.1, 0.15) is 0 Å². The Morgan fingerprint density at radius 3 is 2.26 bits per heavy atom. The lowest BCUT2D eigenvalue weighted by Crippen LogP contribution is -2.63. The molecule has 5 aliphatic rings. The zero-order valence-corrected chi connectivity index (χ0v) is 22.3. The average molecular weight is 487 g/mol. The third kappa shape index (κ3) is 3.52. The van der Waals surface area contributed by atoms with Crippen molar-refractivity contribution in [3.63, 3.8) is 0 Å². The Morgan fingerprint density at radius 1 is 0.914 bits per heavy atom. The Hall–Kier alpha value is -1.85. The second kappa shape index (κ2) is 8.08. The number of hydrogen-bond donors (Lipinski definition) is 0. The number of carbonyl (C=O) groups excluding carboxylic acids is 3. The second-order valence-electron chi connectivity index (χ2n) is 13.3. The zero-order valence-electron chi connectivity index (χ0n) is 22.3. The highest BCUT2D eigenvalue weighted by Gasteiger charge is 2.68. The van der Waals surface area contributed by atoms with Crippen LogP contribution in [0.25, 0.3) is 0 Å². The van der Waals surface area contributed by atoms with Crippen molar-refractivity contribution in [3.8, 4) is 0 Å². The van der Waals surface area contributed by atoms with Crippen LogP contribution in [0.1, 0.15) is 92.9 Å². The molecule has 5 rings (SSSR count). The van der Waals surface area contributed by atoms with E-state index in [2.05, 4.69) is 33.8 Å². The Morgan fingerprint density at radius 2 is 1.57 bits per heavy atom. The topological polar surface area (TPSA) is 78.9 Å². The zero-order chi connectivity index (χ0) is 25.4. The van der Waals surface area contributed by atoms with E-state index in [0.29, 0.717) is 29.9 Å². The number of esters is 3. The standard InChI is InChI=1S/C29H42O6/c1-17(30)33-16-26(3)12-7-13-27(4)20(26)10-14-28(5)21-9-8-19-23(29(21,6)15-11-22(27)28)25(34-18(2)31)35-24(19)32/h8,20-23,25H,7,9-16H2,1-6H3. The van der Waals surface area contributed by atoms with Crippen molar-refractivity contribution in [2.45, 2.75) is 99.2 Å². The van der Waals surface area contributed by atoms with Crippen LogP contribution in [-0.4, -0.2) is 30.8 Å². The molecule has 9 unspecified atom stereocenters. The molecule has 1 aliphatic heterocycles. The normalized spacial score (nSPS) is 48.3. The van der Waals surface area contributed by atoms with E-state index >= 15 is 0 Å². The highest BCUT2D eigenvalue weighted by Crippen LogP contribution is 2.73. The van der Waals surface area contributed by atoms with Gasteiger partial charge in [-0.1, -0.05) is 40.2 Å². The van der Waals surface area contributed by atoms with Crippen LogP contribution < -0.4 is 0 Å². The summed E-state index contributed by atoms with van der Waals surface area (Å²) in [5.74, 6) is 0.396. The molecule has 4 fully saturated rings.